The Hall–Kier alpha value is -2.69. The standard InChI is InChI=1S/C14H11FN2O2/c15-13-7-2-1-4-11(13)9-16-17-12-6-3-5-10(8-12)14(18)19/h1-9,17H,(H,18,19)/b16-9-. The van der Waals surface area contributed by atoms with Gasteiger partial charge in [-0.25, -0.2) is 9.18 Å². The van der Waals surface area contributed by atoms with E-state index in [1.165, 1.54) is 24.4 Å². The monoisotopic (exact) mass is 258 g/mol. The van der Waals surface area contributed by atoms with Gasteiger partial charge in [-0.05, 0) is 24.3 Å². The topological polar surface area (TPSA) is 61.7 Å². The molecule has 0 atom stereocenters. The number of aromatic carboxylic acids is 1. The van der Waals surface area contributed by atoms with E-state index in [0.717, 1.165) is 0 Å². The third kappa shape index (κ3) is 3.38. The number of nitrogens with zero attached hydrogens (tertiary/aromatic N) is 1. The average molecular weight is 258 g/mol. The molecule has 0 aromatic heterocycles. The fourth-order valence-corrected chi connectivity index (χ4v) is 1.48. The lowest BCUT2D eigenvalue weighted by atomic mass is 10.2. The summed E-state index contributed by atoms with van der Waals surface area (Å²) < 4.78 is 13.3. The van der Waals surface area contributed by atoms with Crippen molar-refractivity contribution >= 4 is 17.9 Å². The number of carbonyl (C=O) groups is 1. The summed E-state index contributed by atoms with van der Waals surface area (Å²) in [5.74, 6) is -1.38. The highest BCUT2D eigenvalue weighted by molar-refractivity contribution is 5.88. The van der Waals surface area contributed by atoms with Crippen LogP contribution >= 0.6 is 0 Å². The molecule has 0 unspecified atom stereocenters. The van der Waals surface area contributed by atoms with Crippen LogP contribution in [0.5, 0.6) is 0 Å². The number of halogens is 1. The highest BCUT2D eigenvalue weighted by Crippen LogP contribution is 2.10. The van der Waals surface area contributed by atoms with E-state index in [-0.39, 0.29) is 11.4 Å². The highest BCUT2D eigenvalue weighted by Gasteiger charge is 2.02. The maximum Gasteiger partial charge on any atom is 0.335 e. The molecule has 2 aromatic rings. The van der Waals surface area contributed by atoms with Crippen LogP contribution in [0.1, 0.15) is 15.9 Å². The predicted molar refractivity (Wildman–Crippen MR) is 71.0 cm³/mol. The van der Waals surface area contributed by atoms with Crippen molar-refractivity contribution in [2.45, 2.75) is 0 Å². The lowest BCUT2D eigenvalue weighted by Crippen LogP contribution is -1.98. The number of hydrogen-bond acceptors (Lipinski definition) is 3. The quantitative estimate of drug-likeness (QED) is 0.654. The van der Waals surface area contributed by atoms with Crippen molar-refractivity contribution in [1.29, 1.82) is 0 Å². The number of carboxylic acid groups (broad SMARTS) is 1. The second-order valence-corrected chi connectivity index (χ2v) is 3.78. The van der Waals surface area contributed by atoms with Crippen LogP contribution in [-0.4, -0.2) is 17.3 Å². The van der Waals surface area contributed by atoms with Crippen molar-refractivity contribution < 1.29 is 14.3 Å². The molecule has 0 spiro atoms. The second-order valence-electron chi connectivity index (χ2n) is 3.78. The molecule has 0 saturated carbocycles. The zero-order chi connectivity index (χ0) is 13.7. The minimum atomic E-state index is -1.01. The fourth-order valence-electron chi connectivity index (χ4n) is 1.48. The summed E-state index contributed by atoms with van der Waals surface area (Å²) in [5, 5.41) is 12.7. The van der Waals surface area contributed by atoms with Gasteiger partial charge in [-0.1, -0.05) is 24.3 Å². The maximum atomic E-state index is 13.3. The summed E-state index contributed by atoms with van der Waals surface area (Å²) in [4.78, 5) is 10.8. The molecule has 0 fully saturated rings. The van der Waals surface area contributed by atoms with Crippen molar-refractivity contribution in [1.82, 2.24) is 0 Å². The molecular formula is C14H11FN2O2. The van der Waals surface area contributed by atoms with Crippen LogP contribution in [0.2, 0.25) is 0 Å². The molecule has 0 amide bonds. The predicted octanol–water partition coefficient (Wildman–Crippen LogP) is 2.97. The highest BCUT2D eigenvalue weighted by atomic mass is 19.1. The van der Waals surface area contributed by atoms with Gasteiger partial charge in [0.15, 0.2) is 0 Å². The van der Waals surface area contributed by atoms with Gasteiger partial charge in [-0.2, -0.15) is 5.10 Å². The summed E-state index contributed by atoms with van der Waals surface area (Å²) in [5.41, 5.74) is 3.69. The summed E-state index contributed by atoms with van der Waals surface area (Å²) in [6.07, 6.45) is 1.34. The van der Waals surface area contributed by atoms with E-state index in [1.807, 2.05) is 0 Å². The largest absolute Gasteiger partial charge is 0.478 e. The first-order chi connectivity index (χ1) is 9.16. The van der Waals surface area contributed by atoms with Crippen LogP contribution < -0.4 is 5.43 Å². The number of hydrazone groups is 1. The lowest BCUT2D eigenvalue weighted by molar-refractivity contribution is 0.0697. The van der Waals surface area contributed by atoms with Crippen LogP contribution in [0.25, 0.3) is 0 Å². The van der Waals surface area contributed by atoms with Gasteiger partial charge in [-0.3, -0.25) is 5.43 Å². The number of carboxylic acids is 1. The minimum absolute atomic E-state index is 0.158. The van der Waals surface area contributed by atoms with Crippen molar-refractivity contribution in [3.05, 3.63) is 65.5 Å². The van der Waals surface area contributed by atoms with Crippen LogP contribution in [0.3, 0.4) is 0 Å². The third-order valence-corrected chi connectivity index (χ3v) is 2.41. The van der Waals surface area contributed by atoms with Gasteiger partial charge in [0.25, 0.3) is 0 Å². The van der Waals surface area contributed by atoms with Gasteiger partial charge < -0.3 is 5.11 Å². The van der Waals surface area contributed by atoms with Gasteiger partial charge in [0.05, 0.1) is 17.5 Å². The Kier molecular flexibility index (Phi) is 3.87. The number of benzene rings is 2. The normalized spacial score (nSPS) is 10.6. The Labute approximate surface area is 109 Å². The van der Waals surface area contributed by atoms with Gasteiger partial charge in [-0.15, -0.1) is 0 Å². The number of anilines is 1. The molecule has 5 heteroatoms. The van der Waals surface area contributed by atoms with E-state index in [0.29, 0.717) is 11.3 Å². The van der Waals surface area contributed by atoms with Crippen molar-refractivity contribution in [3.63, 3.8) is 0 Å². The van der Waals surface area contributed by atoms with Crippen molar-refractivity contribution in [3.8, 4) is 0 Å². The molecule has 0 radical (unpaired) electrons. The maximum absolute atomic E-state index is 13.3. The van der Waals surface area contributed by atoms with Crippen LogP contribution in [0.4, 0.5) is 10.1 Å². The Bertz CT molecular complexity index is 626. The van der Waals surface area contributed by atoms with E-state index < -0.39 is 5.97 Å². The molecule has 4 nitrogen and oxygen atoms in total. The molecular weight excluding hydrogens is 247 g/mol. The molecule has 2 rings (SSSR count). The van der Waals surface area contributed by atoms with Crippen molar-refractivity contribution in [2.24, 2.45) is 5.10 Å². The van der Waals surface area contributed by atoms with Gasteiger partial charge in [0.1, 0.15) is 5.82 Å². The van der Waals surface area contributed by atoms with E-state index in [2.05, 4.69) is 10.5 Å². The van der Waals surface area contributed by atoms with Crippen LogP contribution in [-0.2, 0) is 0 Å². The Balaban J connectivity index is 2.09. The smallest absolute Gasteiger partial charge is 0.335 e. The van der Waals surface area contributed by atoms with Gasteiger partial charge >= 0.3 is 5.97 Å². The molecule has 0 bridgehead atoms. The first-order valence-electron chi connectivity index (χ1n) is 5.54. The molecule has 19 heavy (non-hydrogen) atoms. The molecule has 0 aliphatic rings. The first-order valence-corrected chi connectivity index (χ1v) is 5.54. The summed E-state index contributed by atoms with van der Waals surface area (Å²) in [6, 6.07) is 12.4. The Morgan fingerprint density at radius 3 is 2.74 bits per heavy atom. The lowest BCUT2D eigenvalue weighted by Gasteiger charge is -2.01. The zero-order valence-electron chi connectivity index (χ0n) is 9.88. The summed E-state index contributed by atoms with van der Waals surface area (Å²) in [6.45, 7) is 0. The number of rotatable bonds is 4. The van der Waals surface area contributed by atoms with E-state index in [4.69, 9.17) is 5.11 Å². The average Bonchev–Trinajstić information content (AvgIpc) is 2.41. The third-order valence-electron chi connectivity index (χ3n) is 2.41. The summed E-state index contributed by atoms with van der Waals surface area (Å²) in [7, 11) is 0. The molecule has 0 heterocycles. The van der Waals surface area contributed by atoms with E-state index in [9.17, 15) is 9.18 Å². The number of nitrogens with one attached hydrogen (secondary N) is 1. The SMILES string of the molecule is O=C(O)c1cccc(N/N=C\c2ccccc2F)c1. The van der Waals surface area contributed by atoms with Crippen LogP contribution in [0.15, 0.2) is 53.6 Å². The van der Waals surface area contributed by atoms with Gasteiger partial charge in [0.2, 0.25) is 0 Å². The van der Waals surface area contributed by atoms with Gasteiger partial charge in [0, 0.05) is 5.56 Å². The van der Waals surface area contributed by atoms with Crippen LogP contribution in [0, 0.1) is 5.82 Å². The molecule has 0 saturated heterocycles. The Morgan fingerprint density at radius 1 is 1.21 bits per heavy atom. The van der Waals surface area contributed by atoms with Crippen molar-refractivity contribution in [2.75, 3.05) is 5.43 Å². The fraction of sp³-hybridized carbons (Fsp3) is 0. The Morgan fingerprint density at radius 2 is 2.00 bits per heavy atom. The molecule has 0 aliphatic carbocycles. The van der Waals surface area contributed by atoms with E-state index in [1.54, 1.807) is 30.3 Å². The first kappa shape index (κ1) is 12.8. The second kappa shape index (κ2) is 5.77. The molecule has 2 aromatic carbocycles. The van der Waals surface area contributed by atoms with E-state index >= 15 is 0 Å². The number of hydrogen-bond donors (Lipinski definition) is 2. The minimum Gasteiger partial charge on any atom is -0.478 e. The summed E-state index contributed by atoms with van der Waals surface area (Å²) >= 11 is 0. The molecule has 0 aliphatic heterocycles. The zero-order valence-corrected chi connectivity index (χ0v) is 9.88. The molecule has 2 N–H and O–H groups in total. The molecule has 96 valence electrons.